The minimum absolute atomic E-state index is 0.00492. The molecule has 6 heteroatoms. The van der Waals surface area contributed by atoms with Gasteiger partial charge in [-0.2, -0.15) is 0 Å². The first-order valence-corrected chi connectivity index (χ1v) is 12.3. The lowest BCUT2D eigenvalue weighted by molar-refractivity contribution is -0.121. The molecule has 1 aliphatic carbocycles. The summed E-state index contributed by atoms with van der Waals surface area (Å²) in [5.74, 6) is 1.24. The smallest absolute Gasteiger partial charge is 0.220 e. The van der Waals surface area contributed by atoms with Crippen LogP contribution in [0.1, 0.15) is 62.8 Å². The summed E-state index contributed by atoms with van der Waals surface area (Å²) in [7, 11) is 1.98. The van der Waals surface area contributed by atoms with E-state index >= 15 is 0 Å². The Morgan fingerprint density at radius 1 is 1.27 bits per heavy atom. The van der Waals surface area contributed by atoms with Crippen LogP contribution < -0.4 is 5.32 Å². The van der Waals surface area contributed by atoms with Gasteiger partial charge in [0.1, 0.15) is 5.82 Å². The highest BCUT2D eigenvalue weighted by atomic mass is 35.5. The number of carbonyl (C=O) groups is 1. The maximum Gasteiger partial charge on any atom is 0.220 e. The monoisotopic (exact) mass is 467 g/mol. The Labute approximate surface area is 201 Å². The molecule has 0 spiro atoms. The average Bonchev–Trinajstić information content (AvgIpc) is 3.10. The number of aliphatic hydroxyl groups excluding tert-OH is 1. The highest BCUT2D eigenvalue weighted by Gasteiger charge is 2.32. The Bertz CT molecular complexity index is 1100. The van der Waals surface area contributed by atoms with Crippen LogP contribution in [0.25, 0.3) is 11.0 Å². The minimum atomic E-state index is -0.252. The van der Waals surface area contributed by atoms with E-state index in [0.717, 1.165) is 49.0 Å². The number of amides is 1. The second kappa shape index (κ2) is 10.3. The van der Waals surface area contributed by atoms with Gasteiger partial charge in [0.15, 0.2) is 0 Å². The number of hydrogen-bond donors (Lipinski definition) is 2. The van der Waals surface area contributed by atoms with Crippen molar-refractivity contribution in [3.63, 3.8) is 0 Å². The Kier molecular flexibility index (Phi) is 7.40. The molecule has 0 radical (unpaired) electrons. The molecule has 1 aromatic heterocycles. The molecule has 2 aromatic carbocycles. The van der Waals surface area contributed by atoms with Crippen molar-refractivity contribution in [1.82, 2.24) is 14.9 Å². The molecule has 1 fully saturated rings. The largest absolute Gasteiger partial charge is 0.393 e. The highest BCUT2D eigenvalue weighted by molar-refractivity contribution is 6.31. The van der Waals surface area contributed by atoms with Crippen LogP contribution in [0.5, 0.6) is 0 Å². The Morgan fingerprint density at radius 3 is 2.85 bits per heavy atom. The third-order valence-electron chi connectivity index (χ3n) is 7.11. The number of nitrogens with zero attached hydrogens (tertiary/aromatic N) is 2. The molecule has 176 valence electrons. The summed E-state index contributed by atoms with van der Waals surface area (Å²) in [5.41, 5.74) is 3.16. The number of nitrogens with one attached hydrogen (secondary N) is 1. The van der Waals surface area contributed by atoms with Crippen molar-refractivity contribution in [2.75, 3.05) is 6.54 Å². The fraction of sp³-hybridized carbons (Fsp3) is 0.481. The lowest BCUT2D eigenvalue weighted by atomic mass is 9.71. The second-order valence-electron chi connectivity index (χ2n) is 9.90. The number of halogens is 1. The summed E-state index contributed by atoms with van der Waals surface area (Å²) in [6.45, 7) is 2.93. The van der Waals surface area contributed by atoms with Gasteiger partial charge in [0.2, 0.25) is 5.91 Å². The van der Waals surface area contributed by atoms with Crippen molar-refractivity contribution in [2.24, 2.45) is 12.5 Å². The van der Waals surface area contributed by atoms with Gasteiger partial charge in [0.25, 0.3) is 0 Å². The second-order valence-corrected chi connectivity index (χ2v) is 10.3. The van der Waals surface area contributed by atoms with Crippen molar-refractivity contribution in [3.8, 4) is 0 Å². The maximum absolute atomic E-state index is 12.7. The van der Waals surface area contributed by atoms with Gasteiger partial charge < -0.3 is 15.0 Å². The van der Waals surface area contributed by atoms with Gasteiger partial charge in [-0.1, -0.05) is 55.3 Å². The number of hydrogen-bond acceptors (Lipinski definition) is 3. The summed E-state index contributed by atoms with van der Waals surface area (Å²) < 4.78 is 2.03. The molecule has 0 aliphatic heterocycles. The molecule has 3 aromatic rings. The molecule has 1 saturated carbocycles. The molecule has 1 heterocycles. The van der Waals surface area contributed by atoms with Gasteiger partial charge in [-0.3, -0.25) is 4.79 Å². The molecule has 1 amide bonds. The zero-order chi connectivity index (χ0) is 23.4. The van der Waals surface area contributed by atoms with Gasteiger partial charge in [0.05, 0.1) is 17.1 Å². The molecular formula is C27H34ClN3O2. The molecule has 1 aliphatic rings. The van der Waals surface area contributed by atoms with E-state index in [1.807, 2.05) is 35.9 Å². The predicted octanol–water partition coefficient (Wildman–Crippen LogP) is 5.39. The zero-order valence-corrected chi connectivity index (χ0v) is 20.3. The number of carbonyl (C=O) groups excluding carboxylic acids is 1. The number of rotatable bonds is 6. The maximum atomic E-state index is 12.7. The zero-order valence-electron chi connectivity index (χ0n) is 19.6. The molecule has 3 atom stereocenters. The van der Waals surface area contributed by atoms with Crippen LogP contribution in [0.15, 0.2) is 48.5 Å². The van der Waals surface area contributed by atoms with Crippen LogP contribution >= 0.6 is 11.6 Å². The highest BCUT2D eigenvalue weighted by Crippen LogP contribution is 2.40. The normalized spacial score (nSPS) is 23.8. The molecule has 33 heavy (non-hydrogen) atoms. The van der Waals surface area contributed by atoms with Gasteiger partial charge in [-0.15, -0.1) is 0 Å². The van der Waals surface area contributed by atoms with Gasteiger partial charge in [-0.25, -0.2) is 4.98 Å². The van der Waals surface area contributed by atoms with Crippen molar-refractivity contribution in [2.45, 2.75) is 63.9 Å². The number of aromatic nitrogens is 2. The number of aliphatic hydroxyl groups is 1. The van der Waals surface area contributed by atoms with Crippen molar-refractivity contribution in [3.05, 3.63) is 64.9 Å². The molecule has 2 N–H and O–H groups in total. The van der Waals surface area contributed by atoms with Gasteiger partial charge >= 0.3 is 0 Å². The third kappa shape index (κ3) is 5.96. The van der Waals surface area contributed by atoms with Gasteiger partial charge in [0, 0.05) is 31.5 Å². The SMILES string of the molecule is Cn1c(CCC(=O)NC[C@]2(C)CCC[C@@H](O)C[C@H](c3ccccc3)C2)nc2cc(Cl)ccc21. The number of fused-ring (bicyclic) bond motifs is 1. The van der Waals surface area contributed by atoms with Crippen molar-refractivity contribution < 1.29 is 9.90 Å². The predicted molar refractivity (Wildman–Crippen MR) is 133 cm³/mol. The van der Waals surface area contributed by atoms with E-state index in [1.165, 1.54) is 5.56 Å². The standard InChI is InChI=1S/C27H34ClN3O2/c1-27(14-6-9-22(32)15-20(17-27)19-7-4-3-5-8-19)18-29-26(33)13-12-25-30-23-16-21(28)10-11-24(23)31(25)2/h3-5,7-8,10-11,16,20,22,32H,6,9,12-15,17-18H2,1-2H3,(H,29,33)/t20-,22+,27+/m0/s1. The topological polar surface area (TPSA) is 67.2 Å². The fourth-order valence-corrected chi connectivity index (χ4v) is 5.37. The Hall–Kier alpha value is -2.37. The lowest BCUT2D eigenvalue weighted by Gasteiger charge is -2.37. The van der Waals surface area contributed by atoms with Crippen molar-refractivity contribution in [1.29, 1.82) is 0 Å². The van der Waals surface area contributed by atoms with E-state index < -0.39 is 0 Å². The average molecular weight is 468 g/mol. The van der Waals surface area contributed by atoms with E-state index in [0.29, 0.717) is 30.3 Å². The van der Waals surface area contributed by atoms with E-state index in [-0.39, 0.29) is 17.4 Å². The van der Waals surface area contributed by atoms with Crippen LogP contribution in [0, 0.1) is 5.41 Å². The van der Waals surface area contributed by atoms with Crippen LogP contribution in [0.2, 0.25) is 5.02 Å². The first-order valence-electron chi connectivity index (χ1n) is 11.9. The summed E-state index contributed by atoms with van der Waals surface area (Å²) in [5, 5.41) is 14.3. The molecule has 5 nitrogen and oxygen atoms in total. The third-order valence-corrected chi connectivity index (χ3v) is 7.34. The minimum Gasteiger partial charge on any atom is -0.393 e. The molecule has 4 rings (SSSR count). The lowest BCUT2D eigenvalue weighted by Crippen LogP contribution is -2.38. The molecule has 0 unspecified atom stereocenters. The van der Waals surface area contributed by atoms with Gasteiger partial charge in [-0.05, 0) is 60.8 Å². The summed E-state index contributed by atoms with van der Waals surface area (Å²) >= 11 is 6.09. The summed E-state index contributed by atoms with van der Waals surface area (Å²) in [6, 6.07) is 16.1. The van der Waals surface area contributed by atoms with E-state index in [9.17, 15) is 9.90 Å². The fourth-order valence-electron chi connectivity index (χ4n) is 5.20. The van der Waals surface area contributed by atoms with Crippen LogP contribution in [-0.2, 0) is 18.3 Å². The molecular weight excluding hydrogens is 434 g/mol. The van der Waals surface area contributed by atoms with Crippen molar-refractivity contribution >= 4 is 28.5 Å². The van der Waals surface area contributed by atoms with E-state index in [2.05, 4.69) is 41.5 Å². The molecule has 0 saturated heterocycles. The summed E-state index contributed by atoms with van der Waals surface area (Å²) in [6.07, 6.45) is 5.29. The van der Waals surface area contributed by atoms with Crippen LogP contribution in [-0.4, -0.2) is 33.2 Å². The molecule has 0 bridgehead atoms. The Morgan fingerprint density at radius 2 is 2.06 bits per heavy atom. The quantitative estimate of drug-likeness (QED) is 0.510. The van der Waals surface area contributed by atoms with Crippen LogP contribution in [0.4, 0.5) is 0 Å². The first-order chi connectivity index (χ1) is 15.8. The van der Waals surface area contributed by atoms with E-state index in [4.69, 9.17) is 11.6 Å². The number of aryl methyl sites for hydroxylation is 2. The number of benzene rings is 2. The first kappa shape index (κ1) is 23.8. The summed E-state index contributed by atoms with van der Waals surface area (Å²) in [4.78, 5) is 17.4. The van der Waals surface area contributed by atoms with Crippen LogP contribution in [0.3, 0.4) is 0 Å². The number of imidazole rings is 1. The Balaban J connectivity index is 1.36. The van der Waals surface area contributed by atoms with E-state index in [1.54, 1.807) is 0 Å².